The zero-order valence-corrected chi connectivity index (χ0v) is 34.9. The Morgan fingerprint density at radius 3 is 2.48 bits per heavy atom. The van der Waals surface area contributed by atoms with Gasteiger partial charge in [0.05, 0.1) is 7.11 Å². The molecule has 17 aliphatic carbocycles. The highest BCUT2D eigenvalue weighted by Gasteiger charge is 2.98. The highest BCUT2D eigenvalue weighted by atomic mass is 16.5. The normalized spacial score (nSPS) is 39.6. The van der Waals surface area contributed by atoms with Gasteiger partial charge >= 0.3 is 5.97 Å². The average molecular weight is 803 g/mol. The minimum atomic E-state index is -0.200. The minimum Gasteiger partial charge on any atom is -0.469 e. The van der Waals surface area contributed by atoms with Crippen LogP contribution in [0.4, 0.5) is 0 Å². The fourth-order valence-electron chi connectivity index (χ4n) is 22.4. The van der Waals surface area contributed by atoms with E-state index in [0.29, 0.717) is 59.7 Å². The number of fused-ring (bicyclic) bond motifs is 2. The van der Waals surface area contributed by atoms with E-state index in [2.05, 4.69) is 72.9 Å². The summed E-state index contributed by atoms with van der Waals surface area (Å²) in [5, 5.41) is 6.88. The van der Waals surface area contributed by atoms with Gasteiger partial charge in [-0.05, 0) is 212 Å². The molecule has 0 heterocycles. The number of allylic oxidation sites excluding steroid dienone is 13. The largest absolute Gasteiger partial charge is 0.469 e. The van der Waals surface area contributed by atoms with E-state index >= 15 is 0 Å². The molecule has 294 valence electrons. The van der Waals surface area contributed by atoms with Crippen LogP contribution in [0.2, 0.25) is 0 Å². The molecule has 2 nitrogen and oxygen atoms in total. The minimum absolute atomic E-state index is 0.0634. The highest BCUT2D eigenvalue weighted by molar-refractivity contribution is 6.36. The fraction of sp³-hybridized carbons (Fsp3) is 0.328. The van der Waals surface area contributed by atoms with Gasteiger partial charge in [0, 0.05) is 52.3 Å². The molecule has 12 unspecified atom stereocenters. The van der Waals surface area contributed by atoms with E-state index in [4.69, 9.17) is 4.74 Å². The summed E-state index contributed by atoms with van der Waals surface area (Å²) < 4.78 is 5.46. The second kappa shape index (κ2) is 8.03. The van der Waals surface area contributed by atoms with Gasteiger partial charge in [-0.3, -0.25) is 4.79 Å². The second-order valence-electron chi connectivity index (χ2n) is 23.4. The van der Waals surface area contributed by atoms with Crippen LogP contribution in [-0.2, 0) is 20.4 Å². The van der Waals surface area contributed by atoms with Gasteiger partial charge in [-0.15, -0.1) is 0 Å². The molecule has 0 aliphatic heterocycles. The van der Waals surface area contributed by atoms with Crippen molar-refractivity contribution in [1.29, 1.82) is 0 Å². The molecule has 22 rings (SSSR count). The Labute approximate surface area is 363 Å². The number of esters is 1. The SMILES string of the molecule is COC(=O)CCCC1(c2ccccc2)C23c4c5c6c7c8c4C4C9=C8C=CC7C7C=C8CC%10CC%11=C%12c%13c%10c8c(c8c-5c2c2c5c%10c(c%12c2c%138)C(C%11)CC%10C=CC2=C5C13C4C2C=C9)C67. The summed E-state index contributed by atoms with van der Waals surface area (Å²) in [4.78, 5) is 13.4. The number of benzene rings is 5. The summed E-state index contributed by atoms with van der Waals surface area (Å²) in [7, 11) is 1.59. The molecule has 5 aromatic rings. The van der Waals surface area contributed by atoms with Crippen LogP contribution >= 0.6 is 0 Å². The van der Waals surface area contributed by atoms with E-state index in [9.17, 15) is 4.79 Å². The topological polar surface area (TPSA) is 26.3 Å². The summed E-state index contributed by atoms with van der Waals surface area (Å²) in [5.74, 6) is 4.21. The van der Waals surface area contributed by atoms with E-state index in [1.807, 2.05) is 5.57 Å². The van der Waals surface area contributed by atoms with Crippen LogP contribution in [0.25, 0.3) is 55.0 Å². The summed E-state index contributed by atoms with van der Waals surface area (Å²) in [6.07, 6.45) is 26.5. The average Bonchev–Trinajstić information content (AvgIpc) is 4.04. The van der Waals surface area contributed by atoms with Gasteiger partial charge in [-0.1, -0.05) is 78.4 Å². The number of carbonyl (C=O) groups is 1. The van der Waals surface area contributed by atoms with Gasteiger partial charge in [0.2, 0.25) is 0 Å². The van der Waals surface area contributed by atoms with Crippen molar-refractivity contribution in [3.63, 3.8) is 0 Å². The molecule has 63 heavy (non-hydrogen) atoms. The van der Waals surface area contributed by atoms with Crippen molar-refractivity contribution in [3.05, 3.63) is 173 Å². The number of carbonyl (C=O) groups excluding carboxylic acids is 1. The number of methoxy groups -OCH3 is 1. The Hall–Kier alpha value is -5.73. The van der Waals surface area contributed by atoms with Crippen molar-refractivity contribution in [3.8, 4) is 11.1 Å². The van der Waals surface area contributed by atoms with Crippen molar-refractivity contribution in [2.75, 3.05) is 7.11 Å². The van der Waals surface area contributed by atoms with Crippen LogP contribution in [0.1, 0.15) is 164 Å². The van der Waals surface area contributed by atoms with Crippen molar-refractivity contribution >= 4 is 49.8 Å². The summed E-state index contributed by atoms with van der Waals surface area (Å²) in [6, 6.07) is 12.1. The Morgan fingerprint density at radius 1 is 0.698 bits per heavy atom. The van der Waals surface area contributed by atoms with Gasteiger partial charge in [0.1, 0.15) is 0 Å². The van der Waals surface area contributed by atoms with Crippen LogP contribution in [0.5, 0.6) is 0 Å². The number of ether oxygens (including phenoxy) is 1. The van der Waals surface area contributed by atoms with E-state index in [1.54, 1.807) is 151 Å². The Morgan fingerprint density at radius 2 is 1.56 bits per heavy atom. The molecule has 12 atom stereocenters. The number of hydrogen-bond donors (Lipinski definition) is 0. The molecule has 0 saturated heterocycles. The van der Waals surface area contributed by atoms with Gasteiger partial charge < -0.3 is 4.74 Å². The summed E-state index contributed by atoms with van der Waals surface area (Å²) >= 11 is 0. The molecule has 1 fully saturated rings. The van der Waals surface area contributed by atoms with Crippen LogP contribution < -0.4 is 0 Å². The molecule has 1 saturated carbocycles. The van der Waals surface area contributed by atoms with E-state index in [-0.39, 0.29) is 22.2 Å². The van der Waals surface area contributed by atoms with Crippen LogP contribution in [-0.4, -0.2) is 13.1 Å². The molecule has 0 aromatic heterocycles. The number of hydrogen-bond acceptors (Lipinski definition) is 2. The Balaban J connectivity index is 1.08. The molecule has 0 amide bonds. The van der Waals surface area contributed by atoms with Gasteiger partial charge in [0.15, 0.2) is 0 Å². The van der Waals surface area contributed by atoms with Gasteiger partial charge in [-0.2, -0.15) is 0 Å². The molecule has 0 bridgehead atoms. The fourth-order valence-corrected chi connectivity index (χ4v) is 22.4. The Bertz CT molecular complexity index is 3890. The van der Waals surface area contributed by atoms with Crippen molar-refractivity contribution in [2.24, 2.45) is 23.2 Å². The first kappa shape index (κ1) is 29.6. The molecule has 2 heteroatoms. The highest BCUT2D eigenvalue weighted by Crippen LogP contribution is 3.01. The lowest BCUT2D eigenvalue weighted by molar-refractivity contribution is -0.140. The molecule has 2 spiro atoms. The molecule has 5 aromatic carbocycles. The number of rotatable bonds is 5. The van der Waals surface area contributed by atoms with Crippen molar-refractivity contribution < 1.29 is 9.53 Å². The van der Waals surface area contributed by atoms with E-state index in [1.165, 1.54) is 31.2 Å². The lowest BCUT2D eigenvalue weighted by Crippen LogP contribution is -2.39. The first-order valence-electron chi connectivity index (χ1n) is 24.7. The maximum absolute atomic E-state index is 13.4. The summed E-state index contributed by atoms with van der Waals surface area (Å²) in [5.41, 5.74) is 41.0. The zero-order valence-electron chi connectivity index (χ0n) is 34.9. The smallest absolute Gasteiger partial charge is 0.305 e. The second-order valence-corrected chi connectivity index (χ2v) is 23.4. The standard InChI is InChI=1S/C61H38O2/c1-63-33(62)8-5-15-59(26-6-3-2-4-7-26)60-55-31-14-13-28-27-11-12-29-32-20-25-19-23-18-24-17-22-16-21-9-10-30(31)56(60)50-34(21)35(22)44-38(24)43-36(23)37(25)45-41(32)46-39(29)40(27)51(42(28)55)57-52(46)54-49(45)47(43)48(44)53(50)58(54)61(57,59)60/h2-4,6-7,9-14,20-23,29,31-32,41-42,55H,5,8,15-19H2,1H3. The maximum atomic E-state index is 13.4. The molecular weight excluding hydrogens is 765 g/mol. The molecule has 0 radical (unpaired) electrons. The Kier molecular flexibility index (Phi) is 3.77. The predicted octanol–water partition coefficient (Wildman–Crippen LogP) is 12.7. The zero-order chi connectivity index (χ0) is 39.6. The quantitative estimate of drug-likeness (QED) is 0.128. The van der Waals surface area contributed by atoms with E-state index in [0.717, 1.165) is 12.8 Å². The summed E-state index contributed by atoms with van der Waals surface area (Å²) in [6.45, 7) is 0. The van der Waals surface area contributed by atoms with Crippen LogP contribution in [0.15, 0.2) is 89.6 Å². The molecule has 17 aliphatic rings. The lowest BCUT2D eigenvalue weighted by atomic mass is 9.55. The van der Waals surface area contributed by atoms with Crippen LogP contribution in [0, 0.1) is 23.2 Å². The van der Waals surface area contributed by atoms with E-state index < -0.39 is 0 Å². The third-order valence-corrected chi connectivity index (χ3v) is 22.8. The van der Waals surface area contributed by atoms with Crippen molar-refractivity contribution in [1.82, 2.24) is 0 Å². The van der Waals surface area contributed by atoms with Gasteiger partial charge in [0.25, 0.3) is 0 Å². The van der Waals surface area contributed by atoms with Crippen LogP contribution in [0.3, 0.4) is 0 Å². The van der Waals surface area contributed by atoms with Gasteiger partial charge in [-0.25, -0.2) is 0 Å². The maximum Gasteiger partial charge on any atom is 0.305 e. The third-order valence-electron chi connectivity index (χ3n) is 22.8. The molecular formula is C61H38O2. The monoisotopic (exact) mass is 802 g/mol. The molecule has 0 N–H and O–H groups in total. The van der Waals surface area contributed by atoms with Crippen molar-refractivity contribution in [2.45, 2.75) is 91.3 Å². The first-order valence-corrected chi connectivity index (χ1v) is 24.7. The lowest BCUT2D eigenvalue weighted by Gasteiger charge is -2.46. The third kappa shape index (κ3) is 2.16. The first-order chi connectivity index (χ1) is 31.2. The predicted molar refractivity (Wildman–Crippen MR) is 244 cm³/mol.